The van der Waals surface area contributed by atoms with Crippen molar-refractivity contribution in [2.45, 2.75) is 27.3 Å². The Hall–Kier alpha value is -3.24. The third kappa shape index (κ3) is 5.08. The fourth-order valence-corrected chi connectivity index (χ4v) is 5.80. The van der Waals surface area contributed by atoms with Crippen molar-refractivity contribution in [1.82, 2.24) is 14.8 Å². The summed E-state index contributed by atoms with van der Waals surface area (Å²) in [4.78, 5) is 12.3. The van der Waals surface area contributed by atoms with Crippen LogP contribution in [-0.2, 0) is 6.54 Å². The maximum absolute atomic E-state index is 9.73. The Labute approximate surface area is 211 Å². The molecule has 0 saturated carbocycles. The SMILES string of the molecule is CCN1CCN(Cc2ccc(-c3ccc4c(Nc5ccc(C)cc5C)c(C#N)cnc4c3)s2)CC1. The predicted octanol–water partition coefficient (Wildman–Crippen LogP) is 6.33. The number of rotatable bonds is 6. The lowest BCUT2D eigenvalue weighted by molar-refractivity contribution is 0.133. The van der Waals surface area contributed by atoms with E-state index >= 15 is 0 Å². The average molecular weight is 482 g/mol. The van der Waals surface area contributed by atoms with Crippen LogP contribution in [0.4, 0.5) is 11.4 Å². The Morgan fingerprint density at radius 1 is 1.00 bits per heavy atom. The molecular weight excluding hydrogens is 450 g/mol. The van der Waals surface area contributed by atoms with Gasteiger partial charge < -0.3 is 10.2 Å². The van der Waals surface area contributed by atoms with Gasteiger partial charge in [0.2, 0.25) is 0 Å². The van der Waals surface area contributed by atoms with Crippen molar-refractivity contribution in [3.05, 3.63) is 76.3 Å². The van der Waals surface area contributed by atoms with E-state index in [0.717, 1.165) is 67.1 Å². The molecule has 6 heteroatoms. The number of thiophene rings is 1. The molecule has 2 aromatic carbocycles. The van der Waals surface area contributed by atoms with Crippen LogP contribution in [0.15, 0.2) is 54.7 Å². The van der Waals surface area contributed by atoms with Gasteiger partial charge in [-0.15, -0.1) is 11.3 Å². The molecule has 1 saturated heterocycles. The zero-order valence-electron chi connectivity index (χ0n) is 20.6. The molecule has 35 heavy (non-hydrogen) atoms. The van der Waals surface area contributed by atoms with E-state index in [-0.39, 0.29) is 0 Å². The molecule has 178 valence electrons. The number of fused-ring (bicyclic) bond motifs is 1. The number of nitriles is 1. The van der Waals surface area contributed by atoms with Crippen molar-refractivity contribution >= 4 is 33.6 Å². The van der Waals surface area contributed by atoms with Crippen LogP contribution >= 0.6 is 11.3 Å². The highest BCUT2D eigenvalue weighted by atomic mass is 32.1. The molecule has 1 fully saturated rings. The number of pyridine rings is 1. The van der Waals surface area contributed by atoms with Gasteiger partial charge in [-0.1, -0.05) is 36.8 Å². The van der Waals surface area contributed by atoms with Gasteiger partial charge in [0.15, 0.2) is 0 Å². The van der Waals surface area contributed by atoms with E-state index in [4.69, 9.17) is 0 Å². The van der Waals surface area contributed by atoms with Crippen LogP contribution in [-0.4, -0.2) is 47.5 Å². The summed E-state index contributed by atoms with van der Waals surface area (Å²) in [6, 6.07) is 19.5. The Bertz CT molecular complexity index is 1390. The first-order valence-corrected chi connectivity index (χ1v) is 13.1. The van der Waals surface area contributed by atoms with Crippen LogP contribution in [0.5, 0.6) is 0 Å². The van der Waals surface area contributed by atoms with Crippen LogP contribution in [0.2, 0.25) is 0 Å². The lowest BCUT2D eigenvalue weighted by Gasteiger charge is -2.33. The summed E-state index contributed by atoms with van der Waals surface area (Å²) in [7, 11) is 0. The molecule has 0 aliphatic carbocycles. The molecule has 5 nitrogen and oxygen atoms in total. The van der Waals surface area contributed by atoms with E-state index in [9.17, 15) is 5.26 Å². The molecule has 0 bridgehead atoms. The topological polar surface area (TPSA) is 55.2 Å². The number of hydrogen-bond donors (Lipinski definition) is 1. The molecule has 0 unspecified atom stereocenters. The minimum Gasteiger partial charge on any atom is -0.354 e. The minimum atomic E-state index is 0.548. The third-order valence-corrected chi connectivity index (χ3v) is 7.99. The molecule has 0 atom stereocenters. The number of anilines is 2. The zero-order valence-corrected chi connectivity index (χ0v) is 21.5. The fourth-order valence-electron chi connectivity index (χ4n) is 4.76. The Kier molecular flexibility index (Phi) is 6.83. The number of nitrogens with zero attached hydrogens (tertiary/aromatic N) is 4. The molecule has 2 aromatic heterocycles. The van der Waals surface area contributed by atoms with E-state index in [1.807, 2.05) is 11.3 Å². The molecule has 1 N–H and O–H groups in total. The van der Waals surface area contributed by atoms with Gasteiger partial charge in [-0.25, -0.2) is 0 Å². The normalized spacial score (nSPS) is 14.8. The zero-order chi connectivity index (χ0) is 24.4. The average Bonchev–Trinajstić information content (AvgIpc) is 3.34. The smallest absolute Gasteiger partial charge is 0.103 e. The maximum Gasteiger partial charge on any atom is 0.103 e. The van der Waals surface area contributed by atoms with Gasteiger partial charge in [0.1, 0.15) is 6.07 Å². The van der Waals surface area contributed by atoms with Gasteiger partial charge in [0, 0.05) is 59.7 Å². The minimum absolute atomic E-state index is 0.548. The molecule has 0 spiro atoms. The first kappa shape index (κ1) is 23.5. The van der Waals surface area contributed by atoms with E-state index in [2.05, 4.69) is 95.5 Å². The Morgan fingerprint density at radius 2 is 1.80 bits per heavy atom. The quantitative estimate of drug-likeness (QED) is 0.349. The largest absolute Gasteiger partial charge is 0.354 e. The molecule has 5 rings (SSSR count). The monoisotopic (exact) mass is 481 g/mol. The van der Waals surface area contributed by atoms with Crippen molar-refractivity contribution < 1.29 is 0 Å². The van der Waals surface area contributed by atoms with Crippen LogP contribution in [0, 0.1) is 25.2 Å². The summed E-state index contributed by atoms with van der Waals surface area (Å²) >= 11 is 1.86. The lowest BCUT2D eigenvalue weighted by atomic mass is 10.0. The Balaban J connectivity index is 1.40. The molecule has 0 amide bonds. The summed E-state index contributed by atoms with van der Waals surface area (Å²) in [5.41, 5.74) is 6.79. The number of aryl methyl sites for hydroxylation is 2. The van der Waals surface area contributed by atoms with Crippen LogP contribution < -0.4 is 5.32 Å². The van der Waals surface area contributed by atoms with E-state index in [1.165, 1.54) is 20.9 Å². The first-order valence-electron chi connectivity index (χ1n) is 12.2. The lowest BCUT2D eigenvalue weighted by Crippen LogP contribution is -2.45. The number of benzene rings is 2. The summed E-state index contributed by atoms with van der Waals surface area (Å²) in [5.74, 6) is 0. The molecule has 4 aromatic rings. The van der Waals surface area contributed by atoms with Crippen molar-refractivity contribution in [3.63, 3.8) is 0 Å². The number of aromatic nitrogens is 1. The van der Waals surface area contributed by atoms with Crippen LogP contribution in [0.3, 0.4) is 0 Å². The summed E-state index contributed by atoms with van der Waals surface area (Å²) < 4.78 is 0. The second-order valence-electron chi connectivity index (χ2n) is 9.31. The van der Waals surface area contributed by atoms with E-state index in [0.29, 0.717) is 5.56 Å². The number of hydrogen-bond acceptors (Lipinski definition) is 6. The predicted molar refractivity (Wildman–Crippen MR) is 146 cm³/mol. The number of nitrogens with one attached hydrogen (secondary N) is 1. The third-order valence-electron chi connectivity index (χ3n) is 6.87. The van der Waals surface area contributed by atoms with Gasteiger partial charge in [-0.2, -0.15) is 5.26 Å². The van der Waals surface area contributed by atoms with Gasteiger partial charge >= 0.3 is 0 Å². The maximum atomic E-state index is 9.73. The van der Waals surface area contributed by atoms with E-state index in [1.54, 1.807) is 6.20 Å². The van der Waals surface area contributed by atoms with Crippen molar-refractivity contribution in [3.8, 4) is 16.5 Å². The van der Waals surface area contributed by atoms with Crippen LogP contribution in [0.1, 0.15) is 28.5 Å². The molecular formula is C29H31N5S. The van der Waals surface area contributed by atoms with E-state index < -0.39 is 0 Å². The molecule has 1 aliphatic rings. The van der Waals surface area contributed by atoms with Crippen molar-refractivity contribution in [1.29, 1.82) is 5.26 Å². The molecule has 3 heterocycles. The fraction of sp³-hybridized carbons (Fsp3) is 0.310. The summed E-state index contributed by atoms with van der Waals surface area (Å²) in [5, 5.41) is 14.2. The molecule has 0 radical (unpaired) electrons. The Morgan fingerprint density at radius 3 is 2.54 bits per heavy atom. The highest BCUT2D eigenvalue weighted by molar-refractivity contribution is 7.15. The second-order valence-corrected chi connectivity index (χ2v) is 10.5. The first-order chi connectivity index (χ1) is 17.0. The van der Waals surface area contributed by atoms with Gasteiger partial charge in [0.25, 0.3) is 0 Å². The van der Waals surface area contributed by atoms with Gasteiger partial charge in [-0.3, -0.25) is 9.88 Å². The second kappa shape index (κ2) is 10.2. The van der Waals surface area contributed by atoms with Gasteiger partial charge in [-0.05, 0) is 55.8 Å². The van der Waals surface area contributed by atoms with Gasteiger partial charge in [0.05, 0.1) is 16.8 Å². The highest BCUT2D eigenvalue weighted by Crippen LogP contribution is 2.35. The molecule has 1 aliphatic heterocycles. The van der Waals surface area contributed by atoms with Crippen LogP contribution in [0.25, 0.3) is 21.3 Å². The van der Waals surface area contributed by atoms with Crippen molar-refractivity contribution in [2.24, 2.45) is 0 Å². The summed E-state index contributed by atoms with van der Waals surface area (Å²) in [6.45, 7) is 13.2. The summed E-state index contributed by atoms with van der Waals surface area (Å²) in [6.07, 6.45) is 1.67. The van der Waals surface area contributed by atoms with Crippen molar-refractivity contribution in [2.75, 3.05) is 38.0 Å². The number of piperazine rings is 1. The number of likely N-dealkylation sites (N-methyl/N-ethyl adjacent to an activating group) is 1. The highest BCUT2D eigenvalue weighted by Gasteiger charge is 2.17. The standard InChI is InChI=1S/C29H31N5S/c1-4-33-11-13-34(14-12-33)19-24-7-10-28(35-24)22-6-8-25-27(16-22)31-18-23(17-30)29(25)32-26-9-5-20(2)15-21(26)3/h5-10,15-16,18H,4,11-14,19H2,1-3H3,(H,31,32).